The van der Waals surface area contributed by atoms with Gasteiger partial charge in [0.2, 0.25) is 5.91 Å². The second kappa shape index (κ2) is 8.92. The molecule has 1 N–H and O–H groups in total. The van der Waals surface area contributed by atoms with E-state index in [1.54, 1.807) is 18.4 Å². The van der Waals surface area contributed by atoms with Crippen LogP contribution >= 0.6 is 0 Å². The smallest absolute Gasteiger partial charge is 0.244 e. The van der Waals surface area contributed by atoms with E-state index in [0.717, 1.165) is 33.2 Å². The fraction of sp³-hybridized carbons (Fsp3) is 0.148. The Bertz CT molecular complexity index is 1290. The van der Waals surface area contributed by atoms with Gasteiger partial charge >= 0.3 is 0 Å². The van der Waals surface area contributed by atoms with Crippen LogP contribution in [0, 0.1) is 0 Å². The standard InChI is InChI=1S/C27H25NO3/c1-4-13-28-27(29)14-18(3)22-15-23-24(17-31-26(23)16-25(22)30-5-2)21-12-8-10-19-9-6-7-11-20(19)21/h4,6-12,14-17H,1,5,13H2,2-3H3,(H,28,29)/b18-14+. The zero-order valence-corrected chi connectivity index (χ0v) is 17.8. The Morgan fingerprint density at radius 3 is 2.71 bits per heavy atom. The van der Waals surface area contributed by atoms with Gasteiger partial charge in [0.15, 0.2) is 0 Å². The third-order valence-corrected chi connectivity index (χ3v) is 5.25. The maximum atomic E-state index is 12.2. The topological polar surface area (TPSA) is 51.5 Å². The molecule has 4 aromatic rings. The van der Waals surface area contributed by atoms with Crippen molar-refractivity contribution >= 4 is 33.2 Å². The van der Waals surface area contributed by atoms with Crippen molar-refractivity contribution in [1.82, 2.24) is 5.32 Å². The minimum atomic E-state index is -0.165. The highest BCUT2D eigenvalue weighted by Gasteiger charge is 2.16. The summed E-state index contributed by atoms with van der Waals surface area (Å²) >= 11 is 0. The van der Waals surface area contributed by atoms with Gasteiger partial charge in [-0.1, -0.05) is 48.5 Å². The highest BCUT2D eigenvalue weighted by Crippen LogP contribution is 2.39. The van der Waals surface area contributed by atoms with Crippen LogP contribution in [0.2, 0.25) is 0 Å². The quantitative estimate of drug-likeness (QED) is 0.284. The summed E-state index contributed by atoms with van der Waals surface area (Å²) in [5.41, 5.74) is 4.55. The van der Waals surface area contributed by atoms with Gasteiger partial charge in [0.25, 0.3) is 0 Å². The monoisotopic (exact) mass is 411 g/mol. The minimum Gasteiger partial charge on any atom is -0.493 e. The van der Waals surface area contributed by atoms with Crippen molar-refractivity contribution in [3.63, 3.8) is 0 Å². The lowest BCUT2D eigenvalue weighted by Crippen LogP contribution is -2.20. The van der Waals surface area contributed by atoms with Gasteiger partial charge in [-0.15, -0.1) is 6.58 Å². The van der Waals surface area contributed by atoms with Gasteiger partial charge < -0.3 is 14.5 Å². The molecule has 1 amide bonds. The summed E-state index contributed by atoms with van der Waals surface area (Å²) in [6.07, 6.45) is 5.04. The molecule has 0 saturated carbocycles. The first-order valence-electron chi connectivity index (χ1n) is 10.4. The third-order valence-electron chi connectivity index (χ3n) is 5.25. The molecule has 0 radical (unpaired) electrons. The van der Waals surface area contributed by atoms with Crippen molar-refractivity contribution < 1.29 is 13.9 Å². The van der Waals surface area contributed by atoms with Gasteiger partial charge in [-0.3, -0.25) is 4.79 Å². The lowest BCUT2D eigenvalue weighted by molar-refractivity contribution is -0.116. The molecule has 0 aliphatic heterocycles. The van der Waals surface area contributed by atoms with E-state index >= 15 is 0 Å². The zero-order chi connectivity index (χ0) is 21.8. The van der Waals surface area contributed by atoms with E-state index in [1.807, 2.05) is 38.1 Å². The first-order valence-corrected chi connectivity index (χ1v) is 10.4. The summed E-state index contributed by atoms with van der Waals surface area (Å²) in [5, 5.41) is 6.10. The second-order valence-electron chi connectivity index (χ2n) is 7.31. The van der Waals surface area contributed by atoms with E-state index in [0.29, 0.717) is 18.9 Å². The number of carbonyl (C=O) groups is 1. The summed E-state index contributed by atoms with van der Waals surface area (Å²) in [4.78, 5) is 12.2. The average molecular weight is 412 g/mol. The average Bonchev–Trinajstić information content (AvgIpc) is 3.19. The molecule has 1 heterocycles. The number of amides is 1. The number of fused-ring (bicyclic) bond motifs is 2. The van der Waals surface area contributed by atoms with E-state index in [9.17, 15) is 4.79 Å². The van der Waals surface area contributed by atoms with E-state index < -0.39 is 0 Å². The molecule has 156 valence electrons. The molecular weight excluding hydrogens is 386 g/mol. The largest absolute Gasteiger partial charge is 0.493 e. The van der Waals surface area contributed by atoms with Gasteiger partial charge in [0.1, 0.15) is 11.3 Å². The van der Waals surface area contributed by atoms with Crippen LogP contribution in [0.25, 0.3) is 38.4 Å². The van der Waals surface area contributed by atoms with E-state index in [-0.39, 0.29) is 5.91 Å². The SMILES string of the molecule is C=CCNC(=O)/C=C(\C)c1cc2c(-c3cccc4ccccc34)coc2cc1OCC. The molecular formula is C27H25NO3. The van der Waals surface area contributed by atoms with Gasteiger partial charge in [-0.05, 0) is 41.8 Å². The second-order valence-corrected chi connectivity index (χ2v) is 7.31. The molecule has 4 rings (SSSR count). The van der Waals surface area contributed by atoms with Gasteiger partial charge in [0.05, 0.1) is 12.9 Å². The van der Waals surface area contributed by atoms with Crippen LogP contribution in [-0.4, -0.2) is 19.1 Å². The van der Waals surface area contributed by atoms with Crippen LogP contribution in [-0.2, 0) is 4.79 Å². The molecule has 0 spiro atoms. The van der Waals surface area contributed by atoms with E-state index in [1.165, 1.54) is 10.8 Å². The molecule has 0 bridgehead atoms. The van der Waals surface area contributed by atoms with Crippen molar-refractivity contribution in [2.75, 3.05) is 13.2 Å². The summed E-state index contributed by atoms with van der Waals surface area (Å²) in [6.45, 7) is 8.42. The van der Waals surface area contributed by atoms with Crippen LogP contribution in [0.3, 0.4) is 0 Å². The first kappa shape index (κ1) is 20.5. The van der Waals surface area contributed by atoms with Crippen molar-refractivity contribution in [3.8, 4) is 16.9 Å². The third kappa shape index (κ3) is 4.10. The Hall–Kier alpha value is -3.79. The predicted octanol–water partition coefficient (Wildman–Crippen LogP) is 6.36. The maximum absolute atomic E-state index is 12.2. The van der Waals surface area contributed by atoms with Crippen LogP contribution in [0.5, 0.6) is 5.75 Å². The Morgan fingerprint density at radius 2 is 1.90 bits per heavy atom. The number of benzene rings is 3. The summed E-state index contributed by atoms with van der Waals surface area (Å²) in [5.74, 6) is 0.528. The summed E-state index contributed by atoms with van der Waals surface area (Å²) in [7, 11) is 0. The van der Waals surface area contributed by atoms with Crippen molar-refractivity contribution in [1.29, 1.82) is 0 Å². The van der Waals surface area contributed by atoms with Crippen LogP contribution in [0.15, 0.2) is 84.0 Å². The molecule has 0 aliphatic rings. The molecule has 0 aliphatic carbocycles. The Labute approximate surface area is 181 Å². The number of hydrogen-bond acceptors (Lipinski definition) is 3. The van der Waals surface area contributed by atoms with Crippen LogP contribution in [0.1, 0.15) is 19.4 Å². The molecule has 0 fully saturated rings. The van der Waals surface area contributed by atoms with Crippen LogP contribution < -0.4 is 10.1 Å². The Morgan fingerprint density at radius 1 is 1.10 bits per heavy atom. The number of hydrogen-bond donors (Lipinski definition) is 1. The molecule has 4 nitrogen and oxygen atoms in total. The fourth-order valence-corrected chi connectivity index (χ4v) is 3.81. The Balaban J connectivity index is 1.87. The molecule has 3 aromatic carbocycles. The first-order chi connectivity index (χ1) is 15.1. The number of ether oxygens (including phenoxy) is 1. The van der Waals surface area contributed by atoms with Gasteiger partial charge in [0, 0.05) is 35.2 Å². The highest BCUT2D eigenvalue weighted by atomic mass is 16.5. The number of furan rings is 1. The number of rotatable bonds is 7. The number of allylic oxidation sites excluding steroid dienone is 1. The number of carbonyl (C=O) groups excluding carboxylic acids is 1. The maximum Gasteiger partial charge on any atom is 0.244 e. The lowest BCUT2D eigenvalue weighted by atomic mass is 9.96. The summed E-state index contributed by atoms with van der Waals surface area (Å²) < 4.78 is 11.8. The fourth-order valence-electron chi connectivity index (χ4n) is 3.81. The summed E-state index contributed by atoms with van der Waals surface area (Å²) in [6, 6.07) is 18.5. The zero-order valence-electron chi connectivity index (χ0n) is 17.8. The van der Waals surface area contributed by atoms with E-state index in [4.69, 9.17) is 9.15 Å². The highest BCUT2D eigenvalue weighted by molar-refractivity contribution is 6.06. The van der Waals surface area contributed by atoms with Gasteiger partial charge in [-0.2, -0.15) is 0 Å². The number of nitrogens with one attached hydrogen (secondary N) is 1. The van der Waals surface area contributed by atoms with Crippen LogP contribution in [0.4, 0.5) is 0 Å². The molecule has 31 heavy (non-hydrogen) atoms. The lowest BCUT2D eigenvalue weighted by Gasteiger charge is -2.12. The predicted molar refractivity (Wildman–Crippen MR) is 127 cm³/mol. The van der Waals surface area contributed by atoms with Crippen molar-refractivity contribution in [3.05, 3.63) is 85.2 Å². The van der Waals surface area contributed by atoms with E-state index in [2.05, 4.69) is 42.2 Å². The molecule has 0 saturated heterocycles. The molecule has 4 heteroatoms. The molecule has 0 unspecified atom stereocenters. The van der Waals surface area contributed by atoms with Crippen molar-refractivity contribution in [2.24, 2.45) is 0 Å². The van der Waals surface area contributed by atoms with Crippen molar-refractivity contribution in [2.45, 2.75) is 13.8 Å². The molecule has 1 aromatic heterocycles. The minimum absolute atomic E-state index is 0.165. The van der Waals surface area contributed by atoms with Gasteiger partial charge in [-0.25, -0.2) is 0 Å². The Kier molecular flexibility index (Phi) is 5.89. The molecule has 0 atom stereocenters. The normalized spacial score (nSPS) is 11.6.